The van der Waals surface area contributed by atoms with Crippen LogP contribution in [-0.2, 0) is 9.59 Å². The average Bonchev–Trinajstić information content (AvgIpc) is 3.52. The summed E-state index contributed by atoms with van der Waals surface area (Å²) in [6.45, 7) is 10.7. The van der Waals surface area contributed by atoms with Crippen LogP contribution in [0.25, 0.3) is 22.3 Å². The first-order valence-corrected chi connectivity index (χ1v) is 13.2. The number of likely N-dealkylation sites (tertiary alicyclic amines) is 1. The van der Waals surface area contributed by atoms with Crippen molar-refractivity contribution in [2.24, 2.45) is 11.3 Å². The van der Waals surface area contributed by atoms with Gasteiger partial charge in [-0.1, -0.05) is 32.6 Å². The van der Waals surface area contributed by atoms with Crippen LogP contribution < -0.4 is 10.2 Å². The molecule has 1 aromatic carbocycles. The first kappa shape index (κ1) is 25.9. The number of hydrogen-bond donors (Lipinski definition) is 1. The Balaban J connectivity index is 1.57. The Kier molecular flexibility index (Phi) is 6.94. The Bertz CT molecular complexity index is 1380. The van der Waals surface area contributed by atoms with Crippen LogP contribution in [0.2, 0.25) is 0 Å². The molecule has 1 atom stereocenters. The fourth-order valence-electron chi connectivity index (χ4n) is 5.88. The molecule has 3 aromatic rings. The molecule has 200 valence electrons. The molecular formula is C29H35FN6O2. The van der Waals surface area contributed by atoms with Gasteiger partial charge in [-0.15, -0.1) is 0 Å². The Hall–Kier alpha value is -3.75. The summed E-state index contributed by atoms with van der Waals surface area (Å²) in [5.41, 5.74) is 1.67. The molecule has 2 saturated heterocycles. The molecule has 0 aliphatic carbocycles. The largest absolute Gasteiger partial charge is 0.359 e. The van der Waals surface area contributed by atoms with E-state index in [0.717, 1.165) is 31.3 Å². The van der Waals surface area contributed by atoms with Crippen LogP contribution in [0.3, 0.4) is 0 Å². The molecule has 2 aliphatic heterocycles. The molecule has 2 aromatic heterocycles. The summed E-state index contributed by atoms with van der Waals surface area (Å²) in [5.74, 6) is 0.493. The van der Waals surface area contributed by atoms with Crippen molar-refractivity contribution in [1.82, 2.24) is 24.8 Å². The molecule has 1 spiro atoms. The second-order valence-corrected chi connectivity index (χ2v) is 11.0. The fraction of sp³-hybridized carbons (Fsp3) is 0.448. The number of aromatic nitrogens is 3. The van der Waals surface area contributed by atoms with Crippen LogP contribution in [0.1, 0.15) is 39.2 Å². The number of carbonyl (C=O) groups is 2. The van der Waals surface area contributed by atoms with Crippen molar-refractivity contribution in [1.29, 1.82) is 0 Å². The molecular weight excluding hydrogens is 483 g/mol. The van der Waals surface area contributed by atoms with Gasteiger partial charge in [0, 0.05) is 68.3 Å². The van der Waals surface area contributed by atoms with Crippen molar-refractivity contribution < 1.29 is 14.0 Å². The van der Waals surface area contributed by atoms with Crippen LogP contribution in [0.5, 0.6) is 0 Å². The lowest BCUT2D eigenvalue weighted by Crippen LogP contribution is -2.59. The van der Waals surface area contributed by atoms with Gasteiger partial charge >= 0.3 is 0 Å². The van der Waals surface area contributed by atoms with Gasteiger partial charge in [-0.3, -0.25) is 9.59 Å². The van der Waals surface area contributed by atoms with Crippen LogP contribution in [0.15, 0.2) is 49.2 Å². The second-order valence-electron chi connectivity index (χ2n) is 11.0. The summed E-state index contributed by atoms with van der Waals surface area (Å²) in [6, 6.07) is 8.48. The van der Waals surface area contributed by atoms with E-state index in [0.29, 0.717) is 48.3 Å². The minimum Gasteiger partial charge on any atom is -0.359 e. The number of anilines is 1. The summed E-state index contributed by atoms with van der Waals surface area (Å²) >= 11 is 0. The van der Waals surface area contributed by atoms with Gasteiger partial charge in [0.05, 0.1) is 5.69 Å². The summed E-state index contributed by atoms with van der Waals surface area (Å²) < 4.78 is 17.1. The number of halogens is 1. The lowest BCUT2D eigenvalue weighted by molar-refractivity contribution is -0.136. The third-order valence-electron chi connectivity index (χ3n) is 7.79. The van der Waals surface area contributed by atoms with Crippen LogP contribution in [0.4, 0.5) is 10.3 Å². The highest BCUT2D eigenvalue weighted by molar-refractivity contribution is 5.92. The second kappa shape index (κ2) is 10.2. The predicted molar refractivity (Wildman–Crippen MR) is 146 cm³/mol. The highest BCUT2D eigenvalue weighted by Crippen LogP contribution is 2.42. The van der Waals surface area contributed by atoms with E-state index in [1.165, 1.54) is 12.1 Å². The molecule has 2 aliphatic rings. The van der Waals surface area contributed by atoms with E-state index in [1.807, 2.05) is 17.2 Å². The number of hydrogen-bond acceptors (Lipinski definition) is 5. The first-order valence-electron chi connectivity index (χ1n) is 13.2. The van der Waals surface area contributed by atoms with Gasteiger partial charge in [-0.05, 0) is 43.0 Å². The Labute approximate surface area is 222 Å². The molecule has 4 heterocycles. The van der Waals surface area contributed by atoms with Crippen molar-refractivity contribution >= 4 is 28.8 Å². The van der Waals surface area contributed by atoms with E-state index in [4.69, 9.17) is 9.97 Å². The molecule has 38 heavy (non-hydrogen) atoms. The van der Waals surface area contributed by atoms with E-state index in [1.54, 1.807) is 25.2 Å². The molecule has 2 fully saturated rings. The van der Waals surface area contributed by atoms with Gasteiger partial charge in [0.1, 0.15) is 11.5 Å². The average molecular weight is 519 g/mol. The zero-order valence-electron chi connectivity index (χ0n) is 22.3. The number of fused-ring (bicyclic) bond motifs is 1. The lowest BCUT2D eigenvalue weighted by Gasteiger charge is -2.47. The summed E-state index contributed by atoms with van der Waals surface area (Å²) in [7, 11) is 1.65. The third kappa shape index (κ3) is 4.77. The molecule has 8 nitrogen and oxygen atoms in total. The maximum atomic E-state index is 15.0. The van der Waals surface area contributed by atoms with E-state index in [-0.39, 0.29) is 29.1 Å². The number of amides is 2. The number of benzene rings is 1. The summed E-state index contributed by atoms with van der Waals surface area (Å²) in [4.78, 5) is 38.3. The van der Waals surface area contributed by atoms with E-state index < -0.39 is 0 Å². The van der Waals surface area contributed by atoms with Gasteiger partial charge in [0.25, 0.3) is 0 Å². The Morgan fingerprint density at radius 2 is 1.95 bits per heavy atom. The fourth-order valence-corrected chi connectivity index (χ4v) is 5.88. The SMILES string of the molecule is C=CC(=O)N1CC2(CCN(c3nc(-c4ccccc4F)c4ccn([C@H](CC(=O)NC)CC(C)C)c4n3)C2)C1. The molecule has 5 rings (SSSR count). The van der Waals surface area contributed by atoms with Gasteiger partial charge in [-0.25, -0.2) is 9.37 Å². The summed E-state index contributed by atoms with van der Waals surface area (Å²) in [5, 5.41) is 3.49. The van der Waals surface area contributed by atoms with Crippen LogP contribution in [0, 0.1) is 17.2 Å². The molecule has 2 amide bonds. The van der Waals surface area contributed by atoms with Gasteiger partial charge in [0.2, 0.25) is 17.8 Å². The highest BCUT2D eigenvalue weighted by atomic mass is 19.1. The highest BCUT2D eigenvalue weighted by Gasteiger charge is 2.49. The minimum atomic E-state index is -0.342. The van der Waals surface area contributed by atoms with E-state index in [9.17, 15) is 9.59 Å². The van der Waals surface area contributed by atoms with Crippen LogP contribution >= 0.6 is 0 Å². The molecule has 0 saturated carbocycles. The van der Waals surface area contributed by atoms with E-state index >= 15 is 4.39 Å². The standard InChI is InChI=1S/C29H35FN6O2/c1-5-25(38)35-17-29(18-35)11-13-34(16-29)28-32-26(21-8-6-7-9-23(21)30)22-10-12-36(27(22)33-28)20(14-19(2)3)15-24(37)31-4/h5-10,12,19-20H,1,11,13-18H2,2-4H3,(H,31,37)/t20-/m0/s1. The maximum absolute atomic E-state index is 15.0. The van der Waals surface area contributed by atoms with Crippen LogP contribution in [-0.4, -0.2) is 64.5 Å². The normalized spacial score (nSPS) is 17.2. The monoisotopic (exact) mass is 518 g/mol. The zero-order valence-corrected chi connectivity index (χ0v) is 22.3. The van der Waals surface area contributed by atoms with Gasteiger partial charge in [-0.2, -0.15) is 4.98 Å². The zero-order chi connectivity index (χ0) is 27.0. The van der Waals surface area contributed by atoms with Crippen molar-refractivity contribution in [3.63, 3.8) is 0 Å². The minimum absolute atomic E-state index is 0.0105. The maximum Gasteiger partial charge on any atom is 0.245 e. The first-order chi connectivity index (χ1) is 18.2. The molecule has 1 N–H and O–H groups in total. The van der Waals surface area contributed by atoms with Crippen molar-refractivity contribution in [2.75, 3.05) is 38.1 Å². The topological polar surface area (TPSA) is 83.4 Å². The number of nitrogens with zero attached hydrogens (tertiary/aromatic N) is 5. The molecule has 9 heteroatoms. The summed E-state index contributed by atoms with van der Waals surface area (Å²) in [6.07, 6.45) is 5.36. The number of rotatable bonds is 8. The number of carbonyl (C=O) groups excluding carboxylic acids is 2. The smallest absolute Gasteiger partial charge is 0.245 e. The van der Waals surface area contributed by atoms with E-state index in [2.05, 4.69) is 35.2 Å². The lowest BCUT2D eigenvalue weighted by atomic mass is 9.79. The van der Waals surface area contributed by atoms with Gasteiger partial charge in [0.15, 0.2) is 0 Å². The van der Waals surface area contributed by atoms with Gasteiger partial charge < -0.3 is 19.7 Å². The molecule has 0 radical (unpaired) electrons. The quantitative estimate of drug-likeness (QED) is 0.452. The predicted octanol–water partition coefficient (Wildman–Crippen LogP) is 4.19. The number of nitrogens with one attached hydrogen (secondary N) is 1. The molecule has 0 unspecified atom stereocenters. The Morgan fingerprint density at radius 3 is 2.63 bits per heavy atom. The van der Waals surface area contributed by atoms with Crippen molar-refractivity contribution in [3.8, 4) is 11.3 Å². The Morgan fingerprint density at radius 1 is 1.18 bits per heavy atom. The third-order valence-corrected chi connectivity index (χ3v) is 7.79. The molecule has 0 bridgehead atoms. The van der Waals surface area contributed by atoms with Crippen molar-refractivity contribution in [3.05, 3.63) is 55.0 Å². The van der Waals surface area contributed by atoms with Crippen molar-refractivity contribution in [2.45, 2.75) is 39.2 Å².